The van der Waals surface area contributed by atoms with Gasteiger partial charge in [-0.15, -0.1) is 0 Å². The van der Waals surface area contributed by atoms with Gasteiger partial charge in [0.15, 0.2) is 16.4 Å². The van der Waals surface area contributed by atoms with Gasteiger partial charge < -0.3 is 19.5 Å². The van der Waals surface area contributed by atoms with Gasteiger partial charge in [-0.05, 0) is 31.2 Å². The summed E-state index contributed by atoms with van der Waals surface area (Å²) in [7, 11) is 0.0562. The molecule has 0 fully saturated rings. The van der Waals surface area contributed by atoms with Crippen LogP contribution in [0.4, 0.5) is 5.69 Å². The molecule has 0 unspecified atom stereocenters. The lowest BCUT2D eigenvalue weighted by Crippen LogP contribution is -2.17. The largest absolute Gasteiger partial charge is 0.493 e. The highest BCUT2D eigenvalue weighted by Crippen LogP contribution is 2.30. The highest BCUT2D eigenvalue weighted by molar-refractivity contribution is 7.96. The van der Waals surface area contributed by atoms with Gasteiger partial charge in [0.2, 0.25) is 9.84 Å². The van der Waals surface area contributed by atoms with Crippen molar-refractivity contribution in [1.29, 1.82) is 0 Å². The van der Waals surface area contributed by atoms with E-state index in [2.05, 4.69) is 10.1 Å². The van der Waals surface area contributed by atoms with E-state index >= 15 is 0 Å². The summed E-state index contributed by atoms with van der Waals surface area (Å²) in [5.74, 6) is 0.00737. The smallest absolute Gasteiger partial charge is 0.351 e. The first kappa shape index (κ1) is 20.3. The first-order valence-electron chi connectivity index (χ1n) is 7.92. The molecule has 0 aliphatic carbocycles. The lowest BCUT2D eigenvalue weighted by Gasteiger charge is -2.11. The Morgan fingerprint density at radius 1 is 0.963 bits per heavy atom. The summed E-state index contributed by atoms with van der Waals surface area (Å²) in [6.45, 7) is 1.84. The monoisotopic (exact) mass is 391 g/mol. The molecule has 0 aliphatic heterocycles. The van der Waals surface area contributed by atoms with Crippen LogP contribution in [-0.2, 0) is 19.4 Å². The average molecular weight is 391 g/mol. The van der Waals surface area contributed by atoms with Gasteiger partial charge in [-0.25, -0.2) is 13.2 Å². The summed E-state index contributed by atoms with van der Waals surface area (Å²) >= 11 is 0. The third-order valence-corrected chi connectivity index (χ3v) is 5.52. The minimum atomic E-state index is -4.06. The van der Waals surface area contributed by atoms with Crippen LogP contribution < -0.4 is 14.8 Å². The number of esters is 1. The van der Waals surface area contributed by atoms with Gasteiger partial charge in [-0.1, -0.05) is 17.7 Å². The van der Waals surface area contributed by atoms with Crippen LogP contribution in [-0.4, -0.2) is 35.7 Å². The van der Waals surface area contributed by atoms with Crippen molar-refractivity contribution in [2.45, 2.75) is 11.8 Å². The molecule has 0 bridgehead atoms. The average Bonchev–Trinajstić information content (AvgIpc) is 2.67. The summed E-state index contributed by atoms with van der Waals surface area (Å²) < 4.78 is 40.7. The second-order valence-corrected chi connectivity index (χ2v) is 7.45. The highest BCUT2D eigenvalue weighted by Gasteiger charge is 2.28. The van der Waals surface area contributed by atoms with Gasteiger partial charge in [0.1, 0.15) is 0 Å². The zero-order valence-corrected chi connectivity index (χ0v) is 16.3. The van der Waals surface area contributed by atoms with Crippen molar-refractivity contribution in [2.75, 3.05) is 26.6 Å². The van der Waals surface area contributed by atoms with Gasteiger partial charge in [-0.3, -0.25) is 0 Å². The number of aryl methyl sites for hydroxylation is 1. The topological polar surface area (TPSA) is 90.9 Å². The number of hydrogen-bond donors (Lipinski definition) is 1. The molecule has 0 aliphatic rings. The van der Waals surface area contributed by atoms with E-state index in [-0.39, 0.29) is 4.90 Å². The molecule has 0 heterocycles. The molecule has 1 N–H and O–H groups in total. The summed E-state index contributed by atoms with van der Waals surface area (Å²) in [6.07, 6.45) is 1.10. The van der Waals surface area contributed by atoms with Crippen molar-refractivity contribution in [3.63, 3.8) is 0 Å². The van der Waals surface area contributed by atoms with Crippen LogP contribution in [0.1, 0.15) is 5.56 Å². The Bertz CT molecular complexity index is 949. The first-order valence-corrected chi connectivity index (χ1v) is 9.40. The predicted molar refractivity (Wildman–Crippen MR) is 102 cm³/mol. The summed E-state index contributed by atoms with van der Waals surface area (Å²) in [5, 5.41) is 2.80. The van der Waals surface area contributed by atoms with Crippen molar-refractivity contribution in [3.05, 3.63) is 59.1 Å². The molecule has 0 spiro atoms. The maximum absolute atomic E-state index is 12.8. The fourth-order valence-electron chi connectivity index (χ4n) is 2.27. The number of hydrogen-bond acceptors (Lipinski definition) is 7. The summed E-state index contributed by atoms with van der Waals surface area (Å²) in [6, 6.07) is 11.1. The molecule has 0 atom stereocenters. The maximum Gasteiger partial charge on any atom is 0.351 e. The fourth-order valence-corrected chi connectivity index (χ4v) is 3.53. The summed E-state index contributed by atoms with van der Waals surface area (Å²) in [4.78, 5) is 11.6. The molecule has 7 nitrogen and oxygen atoms in total. The Morgan fingerprint density at radius 2 is 1.59 bits per heavy atom. The molecule has 144 valence electrons. The number of carbonyl (C=O) groups excluding carboxylic acids is 1. The van der Waals surface area contributed by atoms with Crippen LogP contribution in [0.15, 0.2) is 58.5 Å². The Balaban J connectivity index is 2.42. The third kappa shape index (κ3) is 4.59. The van der Waals surface area contributed by atoms with Crippen molar-refractivity contribution in [3.8, 4) is 11.5 Å². The number of rotatable bonds is 7. The minimum Gasteiger partial charge on any atom is -0.493 e. The molecular weight excluding hydrogens is 370 g/mol. The normalized spacial score (nSPS) is 11.6. The second-order valence-electron chi connectivity index (χ2n) is 5.53. The van der Waals surface area contributed by atoms with Crippen molar-refractivity contribution in [2.24, 2.45) is 0 Å². The number of nitrogens with one attached hydrogen (secondary N) is 1. The van der Waals surface area contributed by atoms with E-state index in [4.69, 9.17) is 9.47 Å². The minimum absolute atomic E-state index is 0.00105. The number of carbonyl (C=O) groups is 1. The van der Waals surface area contributed by atoms with E-state index in [1.807, 2.05) is 6.92 Å². The summed E-state index contributed by atoms with van der Waals surface area (Å²) in [5.41, 5.74) is 1.41. The molecule has 0 radical (unpaired) electrons. The lowest BCUT2D eigenvalue weighted by molar-refractivity contribution is -0.135. The number of anilines is 1. The first-order chi connectivity index (χ1) is 12.8. The van der Waals surface area contributed by atoms with Gasteiger partial charge >= 0.3 is 5.97 Å². The Labute approximate surface area is 158 Å². The van der Waals surface area contributed by atoms with E-state index in [0.717, 1.165) is 18.9 Å². The number of ether oxygens (including phenoxy) is 3. The standard InChI is InChI=1S/C19H21NO6S/c1-13-5-8-15(9-6-13)27(22,23)18(19(21)26-4)12-20-14-7-10-16(24-2)17(11-14)25-3/h5-12,20H,1-4H3/b18-12-. The van der Waals surface area contributed by atoms with Crippen LogP contribution >= 0.6 is 0 Å². The zero-order chi connectivity index (χ0) is 20.0. The van der Waals surface area contributed by atoms with Crippen LogP contribution in [0.3, 0.4) is 0 Å². The van der Waals surface area contributed by atoms with E-state index in [1.54, 1.807) is 30.3 Å². The van der Waals surface area contributed by atoms with Crippen molar-refractivity contribution < 1.29 is 27.4 Å². The maximum atomic E-state index is 12.8. The molecule has 0 saturated carbocycles. The number of methoxy groups -OCH3 is 3. The van der Waals surface area contributed by atoms with E-state index in [0.29, 0.717) is 17.2 Å². The lowest BCUT2D eigenvalue weighted by atomic mass is 10.2. The van der Waals surface area contributed by atoms with Crippen LogP contribution in [0.25, 0.3) is 0 Å². The molecule has 2 rings (SSSR count). The number of sulfone groups is 1. The fraction of sp³-hybridized carbons (Fsp3) is 0.211. The van der Waals surface area contributed by atoms with E-state index in [1.165, 1.54) is 26.4 Å². The van der Waals surface area contributed by atoms with Gasteiger partial charge in [-0.2, -0.15) is 0 Å². The Morgan fingerprint density at radius 3 is 2.15 bits per heavy atom. The zero-order valence-electron chi connectivity index (χ0n) is 15.5. The van der Waals surface area contributed by atoms with Gasteiger partial charge in [0.05, 0.1) is 26.2 Å². The van der Waals surface area contributed by atoms with Crippen molar-refractivity contribution in [1.82, 2.24) is 0 Å². The van der Waals surface area contributed by atoms with E-state index in [9.17, 15) is 13.2 Å². The number of benzene rings is 2. The van der Waals surface area contributed by atoms with Crippen LogP contribution in [0.5, 0.6) is 11.5 Å². The second kappa shape index (κ2) is 8.59. The van der Waals surface area contributed by atoms with Crippen molar-refractivity contribution >= 4 is 21.5 Å². The Kier molecular flexibility index (Phi) is 6.46. The molecule has 27 heavy (non-hydrogen) atoms. The Hall–Kier alpha value is -3.00. The quantitative estimate of drug-likeness (QED) is 0.573. The SMILES string of the molecule is COC(=O)/C(=C/Nc1ccc(OC)c(OC)c1)S(=O)(=O)c1ccc(C)cc1. The third-order valence-electron chi connectivity index (χ3n) is 3.76. The molecule has 0 amide bonds. The highest BCUT2D eigenvalue weighted by atomic mass is 32.2. The molecule has 0 saturated heterocycles. The van der Waals surface area contributed by atoms with Crippen LogP contribution in [0.2, 0.25) is 0 Å². The molecule has 2 aromatic rings. The van der Waals surface area contributed by atoms with Gasteiger partial charge in [0, 0.05) is 18.0 Å². The van der Waals surface area contributed by atoms with Crippen LogP contribution in [0, 0.1) is 6.92 Å². The van der Waals surface area contributed by atoms with Gasteiger partial charge in [0.25, 0.3) is 0 Å². The van der Waals surface area contributed by atoms with E-state index < -0.39 is 20.7 Å². The molecule has 2 aromatic carbocycles. The molecule has 8 heteroatoms. The molecular formula is C19H21NO6S. The molecule has 0 aromatic heterocycles. The predicted octanol–water partition coefficient (Wildman–Crippen LogP) is 2.91.